The molecule has 0 aliphatic rings. The summed E-state index contributed by atoms with van der Waals surface area (Å²) >= 11 is 4.92. The maximum Gasteiger partial charge on any atom is 0.213 e. The summed E-state index contributed by atoms with van der Waals surface area (Å²) in [5, 5.41) is 0. The highest BCUT2D eigenvalue weighted by Crippen LogP contribution is 2.17. The predicted octanol–water partition coefficient (Wildman–Crippen LogP) is 2.67. The van der Waals surface area contributed by atoms with Gasteiger partial charge in [0.15, 0.2) is 5.88 Å². The van der Waals surface area contributed by atoms with Gasteiger partial charge >= 0.3 is 0 Å². The first kappa shape index (κ1) is 10.1. The fraction of sp³-hybridized carbons (Fsp3) is 0.0833. The molecular formula is C12H10ClFN+. The van der Waals surface area contributed by atoms with Crippen LogP contribution in [0.25, 0.3) is 11.3 Å². The van der Waals surface area contributed by atoms with E-state index in [1.807, 2.05) is 24.3 Å². The van der Waals surface area contributed by atoms with Crippen LogP contribution >= 0.6 is 0 Å². The van der Waals surface area contributed by atoms with E-state index in [0.717, 1.165) is 11.1 Å². The van der Waals surface area contributed by atoms with Crippen molar-refractivity contribution >= 4 is 0 Å². The lowest BCUT2D eigenvalue weighted by molar-refractivity contribution is -0.386. The van der Waals surface area contributed by atoms with Crippen LogP contribution in [0.15, 0.2) is 42.5 Å². The van der Waals surface area contributed by atoms with Crippen molar-refractivity contribution in [3.8, 4) is 11.3 Å². The van der Waals surface area contributed by atoms with Crippen LogP contribution in [0.1, 0.15) is 5.56 Å². The Hall–Kier alpha value is -1.41. The Morgan fingerprint density at radius 3 is 2.40 bits per heavy atom. The molecule has 0 N–H and O–H groups in total. The molecule has 0 radical (unpaired) electrons. The van der Waals surface area contributed by atoms with Crippen LogP contribution in [0, 0.1) is 17.5 Å². The van der Waals surface area contributed by atoms with Gasteiger partial charge in [-0.1, -0.05) is 30.3 Å². The second-order valence-corrected chi connectivity index (χ2v) is 3.48. The van der Waals surface area contributed by atoms with E-state index >= 15 is 0 Å². The fourth-order valence-electron chi connectivity index (χ4n) is 1.34. The minimum Gasteiger partial charge on any atom is -0.220 e. The van der Waals surface area contributed by atoms with E-state index in [0.29, 0.717) is 11.6 Å². The quantitative estimate of drug-likeness (QED) is 0.563. The highest BCUT2D eigenvalue weighted by molar-refractivity contribution is 5.58. The van der Waals surface area contributed by atoms with Crippen molar-refractivity contribution in [3.63, 3.8) is 0 Å². The molecule has 0 atom stereocenters. The number of hydrogen-bond donors (Lipinski definition) is 0. The highest BCUT2D eigenvalue weighted by Gasteiger charge is 2.01. The van der Waals surface area contributed by atoms with E-state index in [9.17, 15) is 4.39 Å². The molecule has 2 rings (SSSR count). The first-order valence-electron chi connectivity index (χ1n) is 4.59. The van der Waals surface area contributed by atoms with Gasteiger partial charge in [-0.15, -0.1) is 0 Å². The zero-order chi connectivity index (χ0) is 10.7. The van der Waals surface area contributed by atoms with Crippen molar-refractivity contribution in [1.82, 2.24) is 4.98 Å². The Bertz CT molecular complexity index is 453. The Morgan fingerprint density at radius 1 is 1.07 bits per heavy atom. The fourth-order valence-corrected chi connectivity index (χ4v) is 1.53. The largest absolute Gasteiger partial charge is 0.220 e. The summed E-state index contributed by atoms with van der Waals surface area (Å²) in [5.74, 6) is 0.136. The van der Waals surface area contributed by atoms with E-state index in [-0.39, 0.29) is 0 Å². The summed E-state index contributed by atoms with van der Waals surface area (Å²) < 4.78 is 12.9. The minimum atomic E-state index is -0.458. The number of aromatic nitrogens is 1. The van der Waals surface area contributed by atoms with Crippen LogP contribution < -0.4 is 0 Å². The Kier molecular flexibility index (Phi) is 2.97. The third-order valence-electron chi connectivity index (χ3n) is 2.13. The van der Waals surface area contributed by atoms with Gasteiger partial charge in [-0.2, -0.15) is 4.39 Å². The molecule has 3 heteroatoms. The third-order valence-corrected chi connectivity index (χ3v) is 2.46. The molecule has 0 saturated carbocycles. The van der Waals surface area contributed by atoms with Gasteiger partial charge in [-0.05, 0) is 12.1 Å². The molecule has 1 heterocycles. The minimum absolute atomic E-state index is 0.458. The van der Waals surface area contributed by atoms with Crippen LogP contribution in [-0.4, -0.2) is 4.98 Å². The average Bonchev–Trinajstić information content (AvgIpc) is 2.29. The van der Waals surface area contributed by atoms with Crippen molar-refractivity contribution in [2.24, 2.45) is 0 Å². The van der Waals surface area contributed by atoms with Crippen molar-refractivity contribution in [2.75, 3.05) is 0 Å². The van der Waals surface area contributed by atoms with Gasteiger partial charge in [0.25, 0.3) is 0 Å². The Balaban J connectivity index is 2.37. The molecule has 2 aromatic rings. The SMILES string of the molecule is Fc1cccc(-c2ccc(C[ClH+])cc2)n1. The van der Waals surface area contributed by atoms with Crippen molar-refractivity contribution in [1.29, 1.82) is 0 Å². The van der Waals surface area contributed by atoms with E-state index in [4.69, 9.17) is 11.6 Å². The molecule has 76 valence electrons. The van der Waals surface area contributed by atoms with Crippen LogP contribution in [-0.2, 0) is 5.88 Å². The standard InChI is InChI=1S/C12H10ClFN/c13-8-9-4-6-10(7-5-9)11-2-1-3-12(14)15-11/h1-7,13H,8H2/q+1. The van der Waals surface area contributed by atoms with E-state index in [1.165, 1.54) is 6.07 Å². The summed E-state index contributed by atoms with van der Waals surface area (Å²) in [6.07, 6.45) is 0. The van der Waals surface area contributed by atoms with Crippen molar-refractivity contribution < 1.29 is 16.0 Å². The summed E-state index contributed by atoms with van der Waals surface area (Å²) in [7, 11) is 0. The molecule has 0 aliphatic carbocycles. The number of pyridine rings is 1. The first-order chi connectivity index (χ1) is 7.29. The molecule has 0 aliphatic heterocycles. The first-order valence-corrected chi connectivity index (χ1v) is 5.17. The number of alkyl halides is 1. The molecule has 0 fully saturated rings. The number of hydrogen-bond acceptors (Lipinski definition) is 1. The van der Waals surface area contributed by atoms with Crippen LogP contribution in [0.2, 0.25) is 0 Å². The molecule has 0 unspecified atom stereocenters. The van der Waals surface area contributed by atoms with Gasteiger partial charge < -0.3 is 0 Å². The van der Waals surface area contributed by atoms with Crippen LogP contribution in [0.3, 0.4) is 0 Å². The smallest absolute Gasteiger partial charge is 0.213 e. The molecule has 15 heavy (non-hydrogen) atoms. The monoisotopic (exact) mass is 222 g/mol. The van der Waals surface area contributed by atoms with Gasteiger partial charge in [0, 0.05) is 11.1 Å². The lowest BCUT2D eigenvalue weighted by Gasteiger charge is -2.00. The summed E-state index contributed by atoms with van der Waals surface area (Å²) in [4.78, 5) is 3.81. The molecular weight excluding hydrogens is 213 g/mol. The second-order valence-electron chi connectivity index (χ2n) is 3.19. The van der Waals surface area contributed by atoms with E-state index in [2.05, 4.69) is 4.98 Å². The molecule has 1 aromatic carbocycles. The average molecular weight is 223 g/mol. The van der Waals surface area contributed by atoms with Gasteiger partial charge in [0.05, 0.1) is 5.69 Å². The molecule has 0 amide bonds. The van der Waals surface area contributed by atoms with Crippen molar-refractivity contribution in [2.45, 2.75) is 5.88 Å². The van der Waals surface area contributed by atoms with Gasteiger partial charge in [-0.3, -0.25) is 0 Å². The third kappa shape index (κ3) is 2.34. The number of nitrogens with zero attached hydrogens (tertiary/aromatic N) is 1. The lowest BCUT2D eigenvalue weighted by Crippen LogP contribution is -1.87. The zero-order valence-electron chi connectivity index (χ0n) is 7.98. The van der Waals surface area contributed by atoms with Crippen LogP contribution in [0.4, 0.5) is 4.39 Å². The zero-order valence-corrected chi connectivity index (χ0v) is 8.80. The Morgan fingerprint density at radius 2 is 1.80 bits per heavy atom. The van der Waals surface area contributed by atoms with Crippen LogP contribution in [0.5, 0.6) is 0 Å². The van der Waals surface area contributed by atoms with Gasteiger partial charge in [0.1, 0.15) is 11.6 Å². The molecule has 1 aromatic heterocycles. The topological polar surface area (TPSA) is 12.9 Å². The molecule has 1 nitrogen and oxygen atoms in total. The van der Waals surface area contributed by atoms with Crippen molar-refractivity contribution in [3.05, 3.63) is 54.0 Å². The van der Waals surface area contributed by atoms with Gasteiger partial charge in [0.2, 0.25) is 5.95 Å². The summed E-state index contributed by atoms with van der Waals surface area (Å²) in [6.45, 7) is 0. The summed E-state index contributed by atoms with van der Waals surface area (Å²) in [6, 6.07) is 12.5. The lowest BCUT2D eigenvalue weighted by atomic mass is 10.1. The van der Waals surface area contributed by atoms with Gasteiger partial charge in [-0.25, -0.2) is 4.98 Å². The number of benzene rings is 1. The number of rotatable bonds is 2. The highest BCUT2D eigenvalue weighted by atomic mass is 35.5. The normalized spacial score (nSPS) is 10.3. The summed E-state index contributed by atoms with van der Waals surface area (Å²) in [5.41, 5.74) is 2.64. The maximum absolute atomic E-state index is 12.9. The Labute approximate surface area is 92.5 Å². The molecule has 0 spiro atoms. The predicted molar refractivity (Wildman–Crippen MR) is 54.7 cm³/mol. The van der Waals surface area contributed by atoms with E-state index in [1.54, 1.807) is 12.1 Å². The second kappa shape index (κ2) is 4.41. The molecule has 0 saturated heterocycles. The molecule has 0 bridgehead atoms. The van der Waals surface area contributed by atoms with E-state index < -0.39 is 5.95 Å². The number of halogens is 2. The maximum atomic E-state index is 12.9.